The summed E-state index contributed by atoms with van der Waals surface area (Å²) in [4.78, 5) is 124. The Kier molecular flexibility index (Phi) is 25.1. The monoisotopic (exact) mass is 1160 g/mol. The molecule has 0 saturated heterocycles. The first kappa shape index (κ1) is 64.4. The first-order chi connectivity index (χ1) is 40.1. The summed E-state index contributed by atoms with van der Waals surface area (Å²) < 4.78 is 53.2. The van der Waals surface area contributed by atoms with Crippen molar-refractivity contribution in [2.75, 3.05) is 46.8 Å². The van der Waals surface area contributed by atoms with Gasteiger partial charge in [-0.25, -0.2) is 19.2 Å². The molecule has 0 aliphatic carbocycles. The highest BCUT2D eigenvalue weighted by molar-refractivity contribution is 5.89. The standard InChI is InChI=1S/C59H63N5O20/c1-35(65)75-27-44-21-47(31-77-37(3)67)54(48(22-44)32-78-38(4)68)63-58(73)83-29-46(30-84-59(74)64-55-49(33-79-39(5)69)23-45(28-76-36(2)66)24-50(55)34-80-40(6)70)20-41-8-16-52(17-9-41)61-56(71)82-26-43-12-18-53(19-13-43)62-57(72)81-25-42-10-14-51(60-7)15-11-42/h8-24,60H,25-34H2,1-7H3,(H,61,71)(H,62,72)(H,63,73)(H,64,74). The number of nitrogens with one attached hydrogen (secondary N) is 5. The Balaban J connectivity index is 1.34. The van der Waals surface area contributed by atoms with Crippen LogP contribution in [0.5, 0.6) is 0 Å². The van der Waals surface area contributed by atoms with Crippen LogP contribution in [0, 0.1) is 0 Å². The van der Waals surface area contributed by atoms with E-state index in [4.69, 9.17) is 47.4 Å². The van der Waals surface area contributed by atoms with E-state index in [0.717, 1.165) is 11.3 Å². The zero-order valence-electron chi connectivity index (χ0n) is 47.1. The Morgan fingerprint density at radius 1 is 0.333 bits per heavy atom. The molecule has 0 heterocycles. The van der Waals surface area contributed by atoms with Gasteiger partial charge in [0.1, 0.15) is 66.1 Å². The molecular formula is C59H63N5O20. The highest BCUT2D eigenvalue weighted by Gasteiger charge is 2.21. The van der Waals surface area contributed by atoms with E-state index in [1.165, 1.54) is 71.9 Å². The molecule has 0 aliphatic heterocycles. The molecule has 5 N–H and O–H groups in total. The van der Waals surface area contributed by atoms with Gasteiger partial charge in [-0.15, -0.1) is 0 Å². The van der Waals surface area contributed by atoms with Crippen LogP contribution in [0.4, 0.5) is 47.6 Å². The molecule has 0 fully saturated rings. The van der Waals surface area contributed by atoms with E-state index in [1.54, 1.807) is 55.6 Å². The van der Waals surface area contributed by atoms with Crippen molar-refractivity contribution in [2.24, 2.45) is 0 Å². The average Bonchev–Trinajstić information content (AvgIpc) is 3.66. The first-order valence-electron chi connectivity index (χ1n) is 25.6. The molecule has 0 aromatic heterocycles. The van der Waals surface area contributed by atoms with Gasteiger partial charge in [0, 0.05) is 93.5 Å². The van der Waals surface area contributed by atoms with Gasteiger partial charge < -0.3 is 52.7 Å². The van der Waals surface area contributed by atoms with Crippen LogP contribution in [-0.2, 0) is 129 Å². The van der Waals surface area contributed by atoms with E-state index < -0.39 is 73.4 Å². The van der Waals surface area contributed by atoms with Crippen LogP contribution in [0.25, 0.3) is 6.08 Å². The SMILES string of the molecule is CNc1ccc(COC(=O)Nc2ccc(COC(=O)Nc3ccc(C=C(COC(=O)Nc4c(COC(C)=O)cc(COC(C)=O)cc4COC(C)=O)COC(=O)Nc4c(COC(C)=O)cc(COC(C)=O)cc4COC(C)=O)cc3)cc2)cc1. The normalized spacial score (nSPS) is 10.3. The van der Waals surface area contributed by atoms with Gasteiger partial charge in [0.2, 0.25) is 0 Å². The molecule has 4 amide bonds. The average molecular weight is 1160 g/mol. The highest BCUT2D eigenvalue weighted by atomic mass is 16.6. The molecule has 25 nitrogen and oxygen atoms in total. The molecule has 0 unspecified atom stereocenters. The van der Waals surface area contributed by atoms with Crippen LogP contribution in [0.15, 0.2) is 103 Å². The summed E-state index contributed by atoms with van der Waals surface area (Å²) in [7, 11) is 1.80. The van der Waals surface area contributed by atoms with Crippen molar-refractivity contribution in [3.63, 3.8) is 0 Å². The van der Waals surface area contributed by atoms with Crippen molar-refractivity contribution in [1.29, 1.82) is 0 Å². The van der Waals surface area contributed by atoms with Crippen LogP contribution in [0.3, 0.4) is 0 Å². The number of amides is 4. The fourth-order valence-corrected chi connectivity index (χ4v) is 7.38. The molecule has 0 aliphatic rings. The van der Waals surface area contributed by atoms with Gasteiger partial charge >= 0.3 is 60.2 Å². The van der Waals surface area contributed by atoms with E-state index in [2.05, 4.69) is 26.6 Å². The molecule has 0 atom stereocenters. The minimum atomic E-state index is -1.07. The highest BCUT2D eigenvalue weighted by Crippen LogP contribution is 2.29. The van der Waals surface area contributed by atoms with Gasteiger partial charge in [0.05, 0.1) is 11.4 Å². The zero-order valence-corrected chi connectivity index (χ0v) is 47.1. The Bertz CT molecular complexity index is 3010. The van der Waals surface area contributed by atoms with E-state index >= 15 is 0 Å². The van der Waals surface area contributed by atoms with Gasteiger partial charge in [0.25, 0.3) is 0 Å². The smallest absolute Gasteiger partial charge is 0.411 e. The minimum absolute atomic E-state index is 0.0397. The van der Waals surface area contributed by atoms with E-state index in [1.807, 2.05) is 24.3 Å². The lowest BCUT2D eigenvalue weighted by molar-refractivity contribution is -0.143. The van der Waals surface area contributed by atoms with Gasteiger partial charge in [-0.05, 0) is 94.6 Å². The number of hydrogen-bond donors (Lipinski definition) is 5. The Morgan fingerprint density at radius 2 is 0.619 bits per heavy atom. The number of carbonyl (C=O) groups is 10. The maximum atomic E-state index is 13.7. The van der Waals surface area contributed by atoms with Crippen molar-refractivity contribution in [3.05, 3.63) is 153 Å². The Labute approximate surface area is 482 Å². The van der Waals surface area contributed by atoms with E-state index in [9.17, 15) is 47.9 Å². The summed E-state index contributed by atoms with van der Waals surface area (Å²) >= 11 is 0. The maximum Gasteiger partial charge on any atom is 0.411 e. The van der Waals surface area contributed by atoms with Gasteiger partial charge in [0.15, 0.2) is 0 Å². The molecule has 444 valence electrons. The number of ether oxygens (including phenoxy) is 10. The third-order valence-corrected chi connectivity index (χ3v) is 11.3. The predicted octanol–water partition coefficient (Wildman–Crippen LogP) is 9.49. The van der Waals surface area contributed by atoms with Crippen molar-refractivity contribution < 1.29 is 95.3 Å². The Hall–Kier alpha value is -10.5. The summed E-state index contributed by atoms with van der Waals surface area (Å²) in [5.41, 5.74) is 5.52. The molecule has 5 aromatic carbocycles. The predicted molar refractivity (Wildman–Crippen MR) is 300 cm³/mol. The van der Waals surface area contributed by atoms with Gasteiger partial charge in [-0.2, -0.15) is 0 Å². The first-order valence-corrected chi connectivity index (χ1v) is 25.6. The van der Waals surface area contributed by atoms with Crippen LogP contribution in [0.2, 0.25) is 0 Å². The quantitative estimate of drug-likeness (QED) is 0.0254. The Morgan fingerprint density at radius 3 is 0.940 bits per heavy atom. The largest absolute Gasteiger partial charge is 0.461 e. The summed E-state index contributed by atoms with van der Waals surface area (Å²) in [5.74, 6) is -3.81. The summed E-state index contributed by atoms with van der Waals surface area (Å²) in [6, 6.07) is 26.3. The lowest BCUT2D eigenvalue weighted by Crippen LogP contribution is -2.22. The van der Waals surface area contributed by atoms with E-state index in [0.29, 0.717) is 33.6 Å². The molecular weight excluding hydrogens is 1100 g/mol. The van der Waals surface area contributed by atoms with Crippen LogP contribution in [-0.4, -0.2) is 80.5 Å². The number of hydrogen-bond acceptors (Lipinski definition) is 21. The lowest BCUT2D eigenvalue weighted by atomic mass is 10.0. The van der Waals surface area contributed by atoms with Crippen LogP contribution in [0.1, 0.15) is 91.6 Å². The number of carbonyl (C=O) groups excluding carboxylic acids is 10. The lowest BCUT2D eigenvalue weighted by Gasteiger charge is -2.19. The number of rotatable bonds is 26. The summed E-state index contributed by atoms with van der Waals surface area (Å²) in [5, 5.41) is 13.5. The van der Waals surface area contributed by atoms with Crippen LogP contribution < -0.4 is 26.6 Å². The molecule has 0 spiro atoms. The topological polar surface area (TPSA) is 323 Å². The second-order valence-corrected chi connectivity index (χ2v) is 18.1. The maximum absolute atomic E-state index is 13.7. The van der Waals surface area contributed by atoms with Crippen molar-refractivity contribution >= 4 is 94.7 Å². The molecule has 0 bridgehead atoms. The molecule has 5 rings (SSSR count). The number of esters is 6. The summed E-state index contributed by atoms with van der Waals surface area (Å²) in [6.45, 7) is 4.08. The van der Waals surface area contributed by atoms with E-state index in [-0.39, 0.29) is 92.1 Å². The minimum Gasteiger partial charge on any atom is -0.461 e. The van der Waals surface area contributed by atoms with Crippen LogP contribution >= 0.6 is 0 Å². The number of benzene rings is 5. The second kappa shape index (κ2) is 32.7. The van der Waals surface area contributed by atoms with Gasteiger partial charge in [-0.1, -0.05) is 36.4 Å². The third kappa shape index (κ3) is 23.3. The molecule has 0 radical (unpaired) electrons. The fraction of sp³-hybridized carbons (Fsp3) is 0.288. The molecule has 0 saturated carbocycles. The van der Waals surface area contributed by atoms with Crippen molar-refractivity contribution in [2.45, 2.75) is 94.4 Å². The second-order valence-electron chi connectivity index (χ2n) is 18.1. The molecule has 5 aromatic rings. The molecule has 84 heavy (non-hydrogen) atoms. The fourth-order valence-electron chi connectivity index (χ4n) is 7.38. The summed E-state index contributed by atoms with van der Waals surface area (Å²) in [6.07, 6.45) is -2.06. The third-order valence-electron chi connectivity index (χ3n) is 11.3. The van der Waals surface area contributed by atoms with Gasteiger partial charge in [-0.3, -0.25) is 50.0 Å². The van der Waals surface area contributed by atoms with Crippen molar-refractivity contribution in [3.8, 4) is 0 Å². The number of anilines is 5. The van der Waals surface area contributed by atoms with Crippen molar-refractivity contribution in [1.82, 2.24) is 0 Å². The zero-order chi connectivity index (χ0) is 61.1. The molecule has 25 heteroatoms.